The zero-order valence-electron chi connectivity index (χ0n) is 10.9. The van der Waals surface area contributed by atoms with E-state index in [0.717, 1.165) is 23.2 Å². The Kier molecular flexibility index (Phi) is 6.59. The fraction of sp³-hybridized carbons (Fsp3) is 0.583. The van der Waals surface area contributed by atoms with Gasteiger partial charge in [-0.25, -0.2) is 0 Å². The molecule has 1 aliphatic rings. The Morgan fingerprint density at radius 3 is 2.95 bits per heavy atom. The Bertz CT molecular complexity index is 441. The Hall–Kier alpha value is -0.300. The fourth-order valence-electron chi connectivity index (χ4n) is 2.08. The van der Waals surface area contributed by atoms with Crippen LogP contribution in [0.3, 0.4) is 0 Å². The molecule has 1 aliphatic heterocycles. The molecule has 19 heavy (non-hydrogen) atoms. The van der Waals surface area contributed by atoms with Crippen molar-refractivity contribution in [2.75, 3.05) is 13.7 Å². The van der Waals surface area contributed by atoms with Gasteiger partial charge in [-0.05, 0) is 42.2 Å². The number of amides is 1. The number of piperidine rings is 1. The van der Waals surface area contributed by atoms with Gasteiger partial charge in [-0.2, -0.15) is 0 Å². The lowest BCUT2D eigenvalue weighted by Gasteiger charge is -2.30. The Morgan fingerprint density at radius 2 is 2.37 bits per heavy atom. The standard InChI is InChI=1S/C12H17BrN2O2S.ClH/c1-7-8(4-3-5-14-7)15-12(16)10-6-9(17-2)11(13)18-10;/h6-8,14H,3-5H2,1-2H3,(H,15,16);1H. The maximum absolute atomic E-state index is 12.1. The third-order valence-electron chi connectivity index (χ3n) is 3.18. The summed E-state index contributed by atoms with van der Waals surface area (Å²) in [6, 6.07) is 2.30. The third-order valence-corrected chi connectivity index (χ3v) is 4.96. The molecule has 0 radical (unpaired) electrons. The van der Waals surface area contributed by atoms with Gasteiger partial charge in [0, 0.05) is 18.2 Å². The molecule has 2 rings (SSSR count). The second-order valence-corrected chi connectivity index (χ2v) is 6.79. The fourth-order valence-corrected chi connectivity index (χ4v) is 3.64. The lowest BCUT2D eigenvalue weighted by molar-refractivity contribution is 0.0924. The summed E-state index contributed by atoms with van der Waals surface area (Å²) in [5.41, 5.74) is 0. The molecule has 1 fully saturated rings. The average Bonchev–Trinajstić information content (AvgIpc) is 2.73. The summed E-state index contributed by atoms with van der Waals surface area (Å²) in [5.74, 6) is 0.685. The van der Waals surface area contributed by atoms with Gasteiger partial charge < -0.3 is 15.4 Å². The van der Waals surface area contributed by atoms with Crippen molar-refractivity contribution in [1.29, 1.82) is 0 Å². The number of hydrogen-bond acceptors (Lipinski definition) is 4. The summed E-state index contributed by atoms with van der Waals surface area (Å²) in [6.07, 6.45) is 2.14. The molecule has 4 nitrogen and oxygen atoms in total. The molecule has 0 spiro atoms. The SMILES string of the molecule is COc1cc(C(=O)NC2CCCNC2C)sc1Br.Cl. The van der Waals surface area contributed by atoms with Gasteiger partial charge in [0.2, 0.25) is 0 Å². The Labute approximate surface area is 131 Å². The van der Waals surface area contributed by atoms with Gasteiger partial charge in [-0.3, -0.25) is 4.79 Å². The summed E-state index contributed by atoms with van der Waals surface area (Å²) >= 11 is 4.78. The third kappa shape index (κ3) is 4.08. The van der Waals surface area contributed by atoms with Gasteiger partial charge >= 0.3 is 0 Å². The number of hydrogen-bond donors (Lipinski definition) is 2. The summed E-state index contributed by atoms with van der Waals surface area (Å²) in [7, 11) is 1.60. The summed E-state index contributed by atoms with van der Waals surface area (Å²) < 4.78 is 6.01. The average molecular weight is 370 g/mol. The van der Waals surface area contributed by atoms with Crippen molar-refractivity contribution in [3.8, 4) is 5.75 Å². The van der Waals surface area contributed by atoms with Crippen LogP contribution >= 0.6 is 39.7 Å². The molecule has 2 N–H and O–H groups in total. The number of methoxy groups -OCH3 is 1. The van der Waals surface area contributed by atoms with E-state index in [-0.39, 0.29) is 24.4 Å². The van der Waals surface area contributed by atoms with Crippen LogP contribution in [0.5, 0.6) is 5.75 Å². The zero-order valence-corrected chi connectivity index (χ0v) is 14.1. The molecule has 2 atom stereocenters. The Morgan fingerprint density at radius 1 is 1.63 bits per heavy atom. The van der Waals surface area contributed by atoms with Crippen LogP contribution in [-0.4, -0.2) is 31.6 Å². The van der Waals surface area contributed by atoms with Crippen molar-refractivity contribution >= 4 is 45.6 Å². The number of carbonyl (C=O) groups excluding carboxylic acids is 1. The van der Waals surface area contributed by atoms with Crippen LogP contribution in [-0.2, 0) is 0 Å². The minimum absolute atomic E-state index is 0. The van der Waals surface area contributed by atoms with Gasteiger partial charge in [0.25, 0.3) is 5.91 Å². The summed E-state index contributed by atoms with van der Waals surface area (Å²) in [5, 5.41) is 6.45. The summed E-state index contributed by atoms with van der Waals surface area (Å²) in [6.45, 7) is 3.14. The molecule has 108 valence electrons. The quantitative estimate of drug-likeness (QED) is 0.861. The lowest BCUT2D eigenvalue weighted by Crippen LogP contribution is -2.51. The molecule has 0 aliphatic carbocycles. The van der Waals surface area contributed by atoms with Gasteiger partial charge in [0.05, 0.1) is 12.0 Å². The number of carbonyl (C=O) groups is 1. The van der Waals surface area contributed by atoms with Crippen LogP contribution in [0.2, 0.25) is 0 Å². The van der Waals surface area contributed by atoms with Crippen LogP contribution in [0, 0.1) is 0 Å². The molecular weight excluding hydrogens is 352 g/mol. The van der Waals surface area contributed by atoms with Crippen LogP contribution in [0.4, 0.5) is 0 Å². The molecular formula is C12H18BrClN2O2S. The topological polar surface area (TPSA) is 50.4 Å². The second-order valence-electron chi connectivity index (χ2n) is 4.42. The maximum Gasteiger partial charge on any atom is 0.261 e. The van der Waals surface area contributed by atoms with Crippen molar-refractivity contribution in [3.63, 3.8) is 0 Å². The largest absolute Gasteiger partial charge is 0.495 e. The molecule has 0 bridgehead atoms. The second kappa shape index (κ2) is 7.47. The van der Waals surface area contributed by atoms with E-state index in [4.69, 9.17) is 4.74 Å². The number of thiophene rings is 1. The van der Waals surface area contributed by atoms with E-state index in [0.29, 0.717) is 16.7 Å². The van der Waals surface area contributed by atoms with Gasteiger partial charge in [-0.1, -0.05) is 0 Å². The highest BCUT2D eigenvalue weighted by atomic mass is 79.9. The Balaban J connectivity index is 0.00000180. The van der Waals surface area contributed by atoms with Crippen LogP contribution < -0.4 is 15.4 Å². The van der Waals surface area contributed by atoms with Gasteiger partial charge in [0.1, 0.15) is 9.54 Å². The molecule has 7 heteroatoms. The molecule has 0 saturated carbocycles. The zero-order chi connectivity index (χ0) is 13.1. The van der Waals surface area contributed by atoms with E-state index in [2.05, 4.69) is 33.5 Å². The molecule has 2 unspecified atom stereocenters. The van der Waals surface area contributed by atoms with E-state index in [1.165, 1.54) is 11.3 Å². The molecule has 0 aromatic carbocycles. The number of nitrogens with one attached hydrogen (secondary N) is 2. The van der Waals surface area contributed by atoms with Crippen molar-refractivity contribution < 1.29 is 9.53 Å². The molecule has 1 saturated heterocycles. The smallest absolute Gasteiger partial charge is 0.261 e. The number of rotatable bonds is 3. The first-order chi connectivity index (χ1) is 8.61. The maximum atomic E-state index is 12.1. The predicted molar refractivity (Wildman–Crippen MR) is 83.8 cm³/mol. The monoisotopic (exact) mass is 368 g/mol. The number of ether oxygens (including phenoxy) is 1. The highest BCUT2D eigenvalue weighted by Gasteiger charge is 2.24. The van der Waals surface area contributed by atoms with E-state index in [1.54, 1.807) is 13.2 Å². The highest BCUT2D eigenvalue weighted by Crippen LogP contribution is 2.34. The van der Waals surface area contributed by atoms with E-state index >= 15 is 0 Å². The minimum Gasteiger partial charge on any atom is -0.495 e. The van der Waals surface area contributed by atoms with Crippen molar-refractivity contribution in [2.24, 2.45) is 0 Å². The van der Waals surface area contributed by atoms with Crippen molar-refractivity contribution in [2.45, 2.75) is 31.8 Å². The normalized spacial score (nSPS) is 22.5. The van der Waals surface area contributed by atoms with Crippen LogP contribution in [0.15, 0.2) is 9.85 Å². The summed E-state index contributed by atoms with van der Waals surface area (Å²) in [4.78, 5) is 12.8. The predicted octanol–water partition coefficient (Wildman–Crippen LogP) is 2.81. The van der Waals surface area contributed by atoms with E-state index in [9.17, 15) is 4.79 Å². The molecule has 1 aromatic rings. The highest BCUT2D eigenvalue weighted by molar-refractivity contribution is 9.11. The lowest BCUT2D eigenvalue weighted by atomic mass is 10.00. The first-order valence-corrected chi connectivity index (χ1v) is 7.60. The first-order valence-electron chi connectivity index (χ1n) is 5.99. The first kappa shape index (κ1) is 16.8. The van der Waals surface area contributed by atoms with Crippen LogP contribution in [0.25, 0.3) is 0 Å². The minimum atomic E-state index is -0.0236. The van der Waals surface area contributed by atoms with E-state index < -0.39 is 0 Å². The van der Waals surface area contributed by atoms with Gasteiger partial charge in [-0.15, -0.1) is 23.7 Å². The van der Waals surface area contributed by atoms with E-state index in [1.807, 2.05) is 0 Å². The number of halogens is 2. The van der Waals surface area contributed by atoms with Gasteiger partial charge in [0.15, 0.2) is 0 Å². The molecule has 1 amide bonds. The van der Waals surface area contributed by atoms with Crippen molar-refractivity contribution in [1.82, 2.24) is 10.6 Å². The van der Waals surface area contributed by atoms with Crippen LogP contribution in [0.1, 0.15) is 29.4 Å². The molecule has 1 aromatic heterocycles. The molecule has 2 heterocycles. The van der Waals surface area contributed by atoms with Crippen molar-refractivity contribution in [3.05, 3.63) is 14.7 Å².